The van der Waals surface area contributed by atoms with E-state index in [1.807, 2.05) is 18.2 Å². The van der Waals surface area contributed by atoms with Crippen molar-refractivity contribution in [1.82, 2.24) is 9.97 Å². The van der Waals surface area contributed by atoms with Gasteiger partial charge >= 0.3 is 0 Å². The Bertz CT molecular complexity index is 570. The summed E-state index contributed by atoms with van der Waals surface area (Å²) in [4.78, 5) is 8.06. The predicted molar refractivity (Wildman–Crippen MR) is 72.8 cm³/mol. The molecule has 1 saturated carbocycles. The lowest BCUT2D eigenvalue weighted by Gasteiger charge is -2.02. The Morgan fingerprint density at radius 3 is 2.82 bits per heavy atom. The third-order valence-corrected chi connectivity index (χ3v) is 3.86. The van der Waals surface area contributed by atoms with Crippen LogP contribution in [0.4, 0.5) is 5.69 Å². The van der Waals surface area contributed by atoms with Gasteiger partial charge in [0.1, 0.15) is 5.82 Å². The third kappa shape index (κ3) is 1.97. The highest BCUT2D eigenvalue weighted by molar-refractivity contribution is 9.10. The summed E-state index contributed by atoms with van der Waals surface area (Å²) in [7, 11) is 0. The van der Waals surface area contributed by atoms with E-state index in [0.717, 1.165) is 32.9 Å². The molecule has 0 bridgehead atoms. The van der Waals surface area contributed by atoms with E-state index >= 15 is 0 Å². The number of H-pyrrole nitrogens is 1. The molecule has 17 heavy (non-hydrogen) atoms. The Morgan fingerprint density at radius 1 is 1.41 bits per heavy atom. The lowest BCUT2D eigenvalue weighted by Crippen LogP contribution is -1.89. The second-order valence-electron chi connectivity index (χ2n) is 4.61. The highest BCUT2D eigenvalue weighted by Crippen LogP contribution is 2.40. The van der Waals surface area contributed by atoms with Crippen molar-refractivity contribution in [3.63, 3.8) is 0 Å². The largest absolute Gasteiger partial charge is 0.398 e. The first-order chi connectivity index (χ1) is 8.15. The van der Waals surface area contributed by atoms with Crippen molar-refractivity contribution in [2.24, 2.45) is 0 Å². The molecule has 1 heterocycles. The number of aryl methyl sites for hydroxylation is 1. The maximum atomic E-state index is 5.90. The quantitative estimate of drug-likeness (QED) is 0.831. The molecule has 0 unspecified atom stereocenters. The van der Waals surface area contributed by atoms with E-state index in [1.165, 1.54) is 12.8 Å². The smallest absolute Gasteiger partial charge is 0.110 e. The molecule has 1 aromatic heterocycles. The number of aromatic amines is 1. The zero-order chi connectivity index (χ0) is 12.0. The van der Waals surface area contributed by atoms with Crippen LogP contribution >= 0.6 is 15.9 Å². The lowest BCUT2D eigenvalue weighted by molar-refractivity contribution is 0.969. The lowest BCUT2D eigenvalue weighted by atomic mass is 10.1. The van der Waals surface area contributed by atoms with Crippen molar-refractivity contribution in [3.05, 3.63) is 34.2 Å². The van der Waals surface area contributed by atoms with Crippen molar-refractivity contribution in [2.75, 3.05) is 5.73 Å². The Labute approximate surface area is 109 Å². The molecule has 3 nitrogen and oxygen atoms in total. The number of imidazole rings is 1. The van der Waals surface area contributed by atoms with Crippen molar-refractivity contribution < 1.29 is 0 Å². The van der Waals surface area contributed by atoms with Crippen molar-refractivity contribution in [3.8, 4) is 11.3 Å². The fraction of sp³-hybridized carbons (Fsp3) is 0.308. The molecule has 2 aromatic rings. The topological polar surface area (TPSA) is 54.7 Å². The van der Waals surface area contributed by atoms with Gasteiger partial charge in [0.05, 0.1) is 5.69 Å². The summed E-state index contributed by atoms with van der Waals surface area (Å²) in [5.41, 5.74) is 9.86. The first-order valence-electron chi connectivity index (χ1n) is 5.77. The van der Waals surface area contributed by atoms with Crippen LogP contribution in [0.3, 0.4) is 0 Å². The zero-order valence-electron chi connectivity index (χ0n) is 9.63. The van der Waals surface area contributed by atoms with Crippen LogP contribution in [-0.4, -0.2) is 9.97 Å². The number of aromatic nitrogens is 2. The van der Waals surface area contributed by atoms with Crippen LogP contribution in [0.25, 0.3) is 11.3 Å². The Morgan fingerprint density at radius 2 is 2.18 bits per heavy atom. The van der Waals surface area contributed by atoms with Crippen molar-refractivity contribution >= 4 is 21.6 Å². The number of nitrogens with zero attached hydrogens (tertiary/aromatic N) is 1. The van der Waals surface area contributed by atoms with E-state index in [2.05, 4.69) is 32.8 Å². The first kappa shape index (κ1) is 10.8. The summed E-state index contributed by atoms with van der Waals surface area (Å²) < 4.78 is 0.928. The van der Waals surface area contributed by atoms with Gasteiger partial charge in [-0.15, -0.1) is 0 Å². The van der Waals surface area contributed by atoms with E-state index in [9.17, 15) is 0 Å². The summed E-state index contributed by atoms with van der Waals surface area (Å²) in [6, 6.07) is 5.97. The van der Waals surface area contributed by atoms with Crippen LogP contribution in [0, 0.1) is 6.92 Å². The number of rotatable bonds is 2. The minimum absolute atomic E-state index is 0.648. The van der Waals surface area contributed by atoms with Crippen LogP contribution in [0.1, 0.15) is 30.3 Å². The Hall–Kier alpha value is -1.29. The number of benzene rings is 1. The molecule has 4 heteroatoms. The number of halogens is 1. The third-order valence-electron chi connectivity index (χ3n) is 3.14. The minimum Gasteiger partial charge on any atom is -0.398 e. The van der Waals surface area contributed by atoms with Crippen molar-refractivity contribution in [1.29, 1.82) is 0 Å². The molecule has 1 aromatic carbocycles. The number of nitrogens with one attached hydrogen (secondary N) is 1. The predicted octanol–water partition coefficient (Wildman–Crippen LogP) is 3.61. The monoisotopic (exact) mass is 291 g/mol. The molecular weight excluding hydrogens is 278 g/mol. The molecular formula is C13H14BrN3. The second-order valence-corrected chi connectivity index (χ2v) is 5.46. The highest BCUT2D eigenvalue weighted by Gasteiger charge is 2.27. The van der Waals surface area contributed by atoms with E-state index in [0.29, 0.717) is 5.92 Å². The standard InChI is InChI=1S/C13H14BrN3/c1-7-12(17-13(16-7)8-2-3-8)9-4-5-10(14)11(15)6-9/h4-6,8H,2-3,15H2,1H3,(H,16,17). The van der Waals surface area contributed by atoms with Crippen molar-refractivity contribution in [2.45, 2.75) is 25.7 Å². The molecule has 1 aliphatic carbocycles. The van der Waals surface area contributed by atoms with Crippen LogP contribution in [0.15, 0.2) is 22.7 Å². The SMILES string of the molecule is Cc1[nH]c(C2CC2)nc1-c1ccc(Br)c(N)c1. The molecule has 0 spiro atoms. The average molecular weight is 292 g/mol. The molecule has 0 amide bonds. The van der Waals surface area contributed by atoms with Crippen LogP contribution in [0.2, 0.25) is 0 Å². The molecule has 88 valence electrons. The fourth-order valence-electron chi connectivity index (χ4n) is 2.01. The molecule has 0 radical (unpaired) electrons. The Kier molecular flexibility index (Phi) is 2.47. The van der Waals surface area contributed by atoms with Crippen LogP contribution < -0.4 is 5.73 Å². The molecule has 0 atom stereocenters. The normalized spacial score (nSPS) is 15.2. The van der Waals surface area contributed by atoms with Gasteiger partial charge in [0, 0.05) is 27.3 Å². The maximum absolute atomic E-state index is 5.90. The van der Waals surface area contributed by atoms with Gasteiger partial charge in [-0.1, -0.05) is 6.07 Å². The minimum atomic E-state index is 0.648. The van der Waals surface area contributed by atoms with Gasteiger partial charge < -0.3 is 10.7 Å². The number of nitrogens with two attached hydrogens (primary N) is 1. The van der Waals surface area contributed by atoms with Gasteiger partial charge in [-0.3, -0.25) is 0 Å². The summed E-state index contributed by atoms with van der Waals surface area (Å²) >= 11 is 3.41. The second kappa shape index (κ2) is 3.88. The summed E-state index contributed by atoms with van der Waals surface area (Å²) in [5, 5.41) is 0. The molecule has 0 aliphatic heterocycles. The van der Waals surface area contributed by atoms with Crippen LogP contribution in [-0.2, 0) is 0 Å². The zero-order valence-corrected chi connectivity index (χ0v) is 11.2. The van der Waals surface area contributed by atoms with Gasteiger partial charge in [0.15, 0.2) is 0 Å². The van der Waals surface area contributed by atoms with E-state index in [-0.39, 0.29) is 0 Å². The summed E-state index contributed by atoms with van der Waals surface area (Å²) in [6.45, 7) is 2.06. The first-order valence-corrected chi connectivity index (χ1v) is 6.56. The highest BCUT2D eigenvalue weighted by atomic mass is 79.9. The van der Waals surface area contributed by atoms with Gasteiger partial charge in [0.2, 0.25) is 0 Å². The summed E-state index contributed by atoms with van der Waals surface area (Å²) in [6.07, 6.45) is 2.52. The molecule has 0 saturated heterocycles. The average Bonchev–Trinajstić information content (AvgIpc) is 3.07. The molecule has 3 N–H and O–H groups in total. The van der Waals surface area contributed by atoms with Gasteiger partial charge in [-0.25, -0.2) is 4.98 Å². The van der Waals surface area contributed by atoms with E-state index in [1.54, 1.807) is 0 Å². The van der Waals surface area contributed by atoms with E-state index in [4.69, 9.17) is 5.73 Å². The Balaban J connectivity index is 2.04. The van der Waals surface area contributed by atoms with Gasteiger partial charge in [-0.2, -0.15) is 0 Å². The van der Waals surface area contributed by atoms with E-state index < -0.39 is 0 Å². The summed E-state index contributed by atoms with van der Waals surface area (Å²) in [5.74, 6) is 1.77. The molecule has 1 fully saturated rings. The number of hydrogen-bond acceptors (Lipinski definition) is 2. The van der Waals surface area contributed by atoms with Gasteiger partial charge in [0.25, 0.3) is 0 Å². The molecule has 1 aliphatic rings. The fourth-order valence-corrected chi connectivity index (χ4v) is 2.25. The van der Waals surface area contributed by atoms with Gasteiger partial charge in [-0.05, 0) is 47.8 Å². The number of nitrogen functional groups attached to an aromatic ring is 1. The number of anilines is 1. The molecule has 3 rings (SSSR count). The number of hydrogen-bond donors (Lipinski definition) is 2. The maximum Gasteiger partial charge on any atom is 0.110 e. The van der Waals surface area contributed by atoms with Crippen LogP contribution in [0.5, 0.6) is 0 Å².